The number of hydrogen-bond acceptors (Lipinski definition) is 3. The lowest BCUT2D eigenvalue weighted by molar-refractivity contribution is 0.208. The smallest absolute Gasteiger partial charge is 0.145 e. The van der Waals surface area contributed by atoms with Crippen molar-refractivity contribution >= 4 is 11.6 Å². The number of halogens is 2. The van der Waals surface area contributed by atoms with Crippen molar-refractivity contribution in [3.05, 3.63) is 58.9 Å². The molecule has 0 spiro atoms. The van der Waals surface area contributed by atoms with Crippen LogP contribution in [0.15, 0.2) is 42.5 Å². The van der Waals surface area contributed by atoms with Gasteiger partial charge in [0.05, 0.1) is 12.1 Å². The molecule has 20 heavy (non-hydrogen) atoms. The third kappa shape index (κ3) is 3.21. The largest absolute Gasteiger partial charge is 0.496 e. The van der Waals surface area contributed by atoms with Gasteiger partial charge in [-0.1, -0.05) is 29.8 Å². The van der Waals surface area contributed by atoms with E-state index in [0.717, 1.165) is 5.56 Å². The van der Waals surface area contributed by atoms with Crippen molar-refractivity contribution in [3.8, 4) is 11.5 Å². The Morgan fingerprint density at radius 3 is 2.65 bits per heavy atom. The van der Waals surface area contributed by atoms with Gasteiger partial charge in [-0.05, 0) is 18.2 Å². The predicted octanol–water partition coefficient (Wildman–Crippen LogP) is 3.57. The molecule has 0 bridgehead atoms. The van der Waals surface area contributed by atoms with Gasteiger partial charge < -0.3 is 15.2 Å². The van der Waals surface area contributed by atoms with Gasteiger partial charge in [-0.15, -0.1) is 0 Å². The molecule has 0 saturated heterocycles. The van der Waals surface area contributed by atoms with Crippen LogP contribution in [0.1, 0.15) is 11.7 Å². The van der Waals surface area contributed by atoms with E-state index in [0.29, 0.717) is 11.5 Å². The van der Waals surface area contributed by atoms with Gasteiger partial charge in [0.15, 0.2) is 0 Å². The van der Waals surface area contributed by atoms with Gasteiger partial charge in [-0.2, -0.15) is 0 Å². The van der Waals surface area contributed by atoms with Crippen molar-refractivity contribution in [3.63, 3.8) is 0 Å². The van der Waals surface area contributed by atoms with Gasteiger partial charge in [-0.3, -0.25) is 0 Å². The summed E-state index contributed by atoms with van der Waals surface area (Å²) >= 11 is 5.64. The first-order valence-electron chi connectivity index (χ1n) is 6.10. The van der Waals surface area contributed by atoms with E-state index in [1.165, 1.54) is 12.1 Å². The third-order valence-electron chi connectivity index (χ3n) is 2.87. The molecule has 0 aliphatic carbocycles. The van der Waals surface area contributed by atoms with Crippen LogP contribution in [0.25, 0.3) is 0 Å². The number of ether oxygens (including phenoxy) is 2. The second-order valence-electron chi connectivity index (χ2n) is 4.16. The summed E-state index contributed by atoms with van der Waals surface area (Å²) in [5.74, 6) is 0.519. The predicted molar refractivity (Wildman–Crippen MR) is 76.8 cm³/mol. The first-order chi connectivity index (χ1) is 9.65. The van der Waals surface area contributed by atoms with Crippen molar-refractivity contribution in [2.75, 3.05) is 13.7 Å². The minimum absolute atomic E-state index is 0.0546. The molecule has 2 aromatic carbocycles. The first kappa shape index (κ1) is 14.6. The topological polar surface area (TPSA) is 44.5 Å². The Balaban J connectivity index is 2.26. The summed E-state index contributed by atoms with van der Waals surface area (Å²) in [5.41, 5.74) is 6.56. The van der Waals surface area contributed by atoms with E-state index in [1.54, 1.807) is 13.2 Å². The molecule has 2 N–H and O–H groups in total. The van der Waals surface area contributed by atoms with E-state index in [9.17, 15) is 4.39 Å². The van der Waals surface area contributed by atoms with E-state index in [4.69, 9.17) is 26.8 Å². The third-order valence-corrected chi connectivity index (χ3v) is 3.18. The lowest BCUT2D eigenvalue weighted by Crippen LogP contribution is -2.19. The first-order valence-corrected chi connectivity index (χ1v) is 6.48. The second kappa shape index (κ2) is 6.59. The highest BCUT2D eigenvalue weighted by atomic mass is 35.5. The second-order valence-corrected chi connectivity index (χ2v) is 4.57. The number of benzene rings is 2. The molecule has 1 unspecified atom stereocenters. The highest BCUT2D eigenvalue weighted by molar-refractivity contribution is 6.30. The van der Waals surface area contributed by atoms with Gasteiger partial charge in [0.1, 0.15) is 23.4 Å². The zero-order valence-corrected chi connectivity index (χ0v) is 11.7. The molecule has 0 amide bonds. The number of methoxy groups -OCH3 is 1. The van der Waals surface area contributed by atoms with Crippen molar-refractivity contribution < 1.29 is 13.9 Å². The van der Waals surface area contributed by atoms with E-state index < -0.39 is 11.9 Å². The van der Waals surface area contributed by atoms with E-state index in [-0.39, 0.29) is 11.6 Å². The molecule has 1 atom stereocenters. The molecular formula is C15H15ClFNO2. The molecule has 106 valence electrons. The molecule has 2 aromatic rings. The average Bonchev–Trinajstić information content (AvgIpc) is 2.48. The van der Waals surface area contributed by atoms with Crippen molar-refractivity contribution in [2.45, 2.75) is 6.10 Å². The van der Waals surface area contributed by atoms with Crippen LogP contribution in [0.5, 0.6) is 11.5 Å². The Hall–Kier alpha value is -1.78. The van der Waals surface area contributed by atoms with Crippen molar-refractivity contribution in [1.82, 2.24) is 0 Å². The maximum absolute atomic E-state index is 13.4. The van der Waals surface area contributed by atoms with Crippen LogP contribution < -0.4 is 15.2 Å². The lowest BCUT2D eigenvalue weighted by Gasteiger charge is -2.20. The van der Waals surface area contributed by atoms with Crippen LogP contribution >= 0.6 is 11.6 Å². The quantitative estimate of drug-likeness (QED) is 0.917. The zero-order valence-electron chi connectivity index (χ0n) is 11.0. The Labute approximate surface area is 122 Å². The molecular weight excluding hydrogens is 281 g/mol. The van der Waals surface area contributed by atoms with Gasteiger partial charge in [-0.25, -0.2) is 4.39 Å². The zero-order chi connectivity index (χ0) is 14.5. The van der Waals surface area contributed by atoms with Crippen molar-refractivity contribution in [1.29, 1.82) is 0 Å². The molecule has 0 heterocycles. The minimum Gasteiger partial charge on any atom is -0.496 e. The monoisotopic (exact) mass is 295 g/mol. The number of rotatable bonds is 5. The number of nitrogens with two attached hydrogens (primary N) is 1. The molecule has 0 aromatic heterocycles. The van der Waals surface area contributed by atoms with E-state index in [1.807, 2.05) is 24.3 Å². The Morgan fingerprint density at radius 2 is 2.00 bits per heavy atom. The molecule has 3 nitrogen and oxygen atoms in total. The molecule has 2 rings (SSSR count). The standard InChI is InChI=1S/C15H15ClFNO2/c1-19-14-5-3-2-4-11(14)15(9-18)20-10-6-7-12(16)13(17)8-10/h2-8,15H,9,18H2,1H3. The van der Waals surface area contributed by atoms with Crippen LogP contribution in [0.4, 0.5) is 4.39 Å². The van der Waals surface area contributed by atoms with Crippen LogP contribution in [-0.2, 0) is 0 Å². The fourth-order valence-electron chi connectivity index (χ4n) is 1.89. The number of hydrogen-bond donors (Lipinski definition) is 1. The molecule has 0 aliphatic heterocycles. The summed E-state index contributed by atoms with van der Waals surface area (Å²) in [6.45, 7) is 0.241. The van der Waals surface area contributed by atoms with Crippen LogP contribution in [0.2, 0.25) is 5.02 Å². The fourth-order valence-corrected chi connectivity index (χ4v) is 2.00. The Kier molecular flexibility index (Phi) is 4.82. The van der Waals surface area contributed by atoms with Gasteiger partial charge in [0, 0.05) is 18.2 Å². The van der Waals surface area contributed by atoms with E-state index >= 15 is 0 Å². The molecule has 0 fully saturated rings. The summed E-state index contributed by atoms with van der Waals surface area (Å²) in [4.78, 5) is 0. The Morgan fingerprint density at radius 1 is 1.25 bits per heavy atom. The van der Waals surface area contributed by atoms with Crippen molar-refractivity contribution in [2.24, 2.45) is 5.73 Å². The summed E-state index contributed by atoms with van der Waals surface area (Å²) in [7, 11) is 1.58. The van der Waals surface area contributed by atoms with Gasteiger partial charge >= 0.3 is 0 Å². The van der Waals surface area contributed by atoms with E-state index in [2.05, 4.69) is 0 Å². The maximum Gasteiger partial charge on any atom is 0.145 e. The molecule has 0 aliphatic rings. The highest BCUT2D eigenvalue weighted by Gasteiger charge is 2.16. The minimum atomic E-state index is -0.528. The van der Waals surface area contributed by atoms with Gasteiger partial charge in [0.25, 0.3) is 0 Å². The van der Waals surface area contributed by atoms with Crippen LogP contribution in [-0.4, -0.2) is 13.7 Å². The summed E-state index contributed by atoms with van der Waals surface area (Å²) in [5, 5.41) is 0.0546. The summed E-state index contributed by atoms with van der Waals surface area (Å²) in [6.07, 6.45) is -0.424. The normalized spacial score (nSPS) is 12.0. The lowest BCUT2D eigenvalue weighted by atomic mass is 10.1. The Bertz CT molecular complexity index is 592. The summed E-state index contributed by atoms with van der Waals surface area (Å²) < 4.78 is 24.4. The highest BCUT2D eigenvalue weighted by Crippen LogP contribution is 2.29. The molecule has 0 saturated carbocycles. The van der Waals surface area contributed by atoms with Gasteiger partial charge in [0.2, 0.25) is 0 Å². The maximum atomic E-state index is 13.4. The average molecular weight is 296 g/mol. The molecule has 5 heteroatoms. The number of para-hydroxylation sites is 1. The summed E-state index contributed by atoms with van der Waals surface area (Å²) in [6, 6.07) is 11.7. The molecule has 0 radical (unpaired) electrons. The van der Waals surface area contributed by atoms with Crippen LogP contribution in [0.3, 0.4) is 0 Å². The fraction of sp³-hybridized carbons (Fsp3) is 0.200. The SMILES string of the molecule is COc1ccccc1C(CN)Oc1ccc(Cl)c(F)c1. The van der Waals surface area contributed by atoms with Crippen LogP contribution in [0, 0.1) is 5.82 Å².